The lowest BCUT2D eigenvalue weighted by atomic mass is 10.1. The summed E-state index contributed by atoms with van der Waals surface area (Å²) in [6, 6.07) is 6.76. The van der Waals surface area contributed by atoms with Gasteiger partial charge < -0.3 is 16.2 Å². The molecule has 3 amide bonds. The summed E-state index contributed by atoms with van der Waals surface area (Å²) in [5, 5.41) is 0. The Hall–Kier alpha value is -2.08. The molecule has 1 atom stereocenters. The highest BCUT2D eigenvalue weighted by atomic mass is 16.6. The Bertz CT molecular complexity index is 445. The van der Waals surface area contributed by atoms with Crippen molar-refractivity contribution < 1.29 is 14.3 Å². The molecule has 1 aromatic carbocycles. The van der Waals surface area contributed by atoms with Crippen LogP contribution in [0.2, 0.25) is 0 Å². The van der Waals surface area contributed by atoms with Crippen molar-refractivity contribution in [3.8, 4) is 0 Å². The van der Waals surface area contributed by atoms with E-state index in [-0.39, 0.29) is 12.6 Å². The lowest BCUT2D eigenvalue weighted by molar-refractivity contribution is 0.112. The number of benzene rings is 1. The molecule has 0 unspecified atom stereocenters. The largest absolute Gasteiger partial charge is 0.447 e. The van der Waals surface area contributed by atoms with E-state index in [0.717, 1.165) is 5.56 Å². The van der Waals surface area contributed by atoms with Crippen molar-refractivity contribution in [1.29, 1.82) is 0 Å². The molecule has 0 saturated heterocycles. The van der Waals surface area contributed by atoms with Crippen LogP contribution in [0.3, 0.4) is 0 Å². The number of nitrogens with zero attached hydrogens (tertiary/aromatic N) is 1. The van der Waals surface area contributed by atoms with Crippen LogP contribution < -0.4 is 11.5 Å². The standard InChI is InChI=1S/C13H19N3O3/c1-9-3-5-10(6-4-9)7-11(14)8-19-13(18)16(2)12(15)17/h3-6,11H,7-8,14H2,1-2H3,(H2,15,17)/t11-/m1/s1. The van der Waals surface area contributed by atoms with E-state index >= 15 is 0 Å². The number of carbonyl (C=O) groups excluding carboxylic acids is 2. The molecule has 1 rings (SSSR count). The second-order valence-corrected chi connectivity index (χ2v) is 4.42. The summed E-state index contributed by atoms with van der Waals surface area (Å²) in [7, 11) is 1.25. The van der Waals surface area contributed by atoms with Gasteiger partial charge in [0.25, 0.3) is 0 Å². The molecule has 1 aromatic rings. The van der Waals surface area contributed by atoms with E-state index in [1.807, 2.05) is 31.2 Å². The smallest absolute Gasteiger partial charge is 0.417 e. The molecule has 6 nitrogen and oxygen atoms in total. The number of nitrogens with two attached hydrogens (primary N) is 2. The molecule has 0 bridgehead atoms. The van der Waals surface area contributed by atoms with Crippen LogP contribution in [0.15, 0.2) is 24.3 Å². The quantitative estimate of drug-likeness (QED) is 0.848. The second-order valence-electron chi connectivity index (χ2n) is 4.42. The molecule has 0 heterocycles. The maximum atomic E-state index is 11.3. The number of hydrogen-bond acceptors (Lipinski definition) is 4. The minimum atomic E-state index is -0.864. The zero-order valence-electron chi connectivity index (χ0n) is 11.1. The molecule has 0 aliphatic rings. The number of imide groups is 1. The summed E-state index contributed by atoms with van der Waals surface area (Å²) >= 11 is 0. The second kappa shape index (κ2) is 6.75. The van der Waals surface area contributed by atoms with Crippen LogP contribution in [0, 0.1) is 6.92 Å². The fourth-order valence-corrected chi connectivity index (χ4v) is 1.45. The van der Waals surface area contributed by atoms with E-state index in [9.17, 15) is 9.59 Å². The first-order valence-electron chi connectivity index (χ1n) is 5.91. The topological polar surface area (TPSA) is 98.7 Å². The molecule has 0 aliphatic carbocycles. The number of rotatable bonds is 4. The molecular formula is C13H19N3O3. The van der Waals surface area contributed by atoms with E-state index < -0.39 is 12.1 Å². The van der Waals surface area contributed by atoms with Crippen molar-refractivity contribution in [3.63, 3.8) is 0 Å². The fourth-order valence-electron chi connectivity index (χ4n) is 1.45. The number of hydrogen-bond donors (Lipinski definition) is 2. The summed E-state index contributed by atoms with van der Waals surface area (Å²) in [6.45, 7) is 2.04. The van der Waals surface area contributed by atoms with Gasteiger partial charge in [-0.25, -0.2) is 14.5 Å². The summed E-state index contributed by atoms with van der Waals surface area (Å²) in [6.07, 6.45) is -0.208. The van der Waals surface area contributed by atoms with Crippen LogP contribution in [0.5, 0.6) is 0 Å². The van der Waals surface area contributed by atoms with Crippen molar-refractivity contribution >= 4 is 12.1 Å². The summed E-state index contributed by atoms with van der Waals surface area (Å²) in [5.41, 5.74) is 13.0. The maximum absolute atomic E-state index is 11.3. The van der Waals surface area contributed by atoms with Crippen molar-refractivity contribution in [3.05, 3.63) is 35.4 Å². The predicted molar refractivity (Wildman–Crippen MR) is 71.6 cm³/mol. The predicted octanol–water partition coefficient (Wildman–Crippen LogP) is 1.01. The highest BCUT2D eigenvalue weighted by Gasteiger charge is 2.16. The van der Waals surface area contributed by atoms with Gasteiger partial charge in [-0.3, -0.25) is 0 Å². The molecule has 4 N–H and O–H groups in total. The Morgan fingerprint density at radius 3 is 2.42 bits per heavy atom. The third-order valence-electron chi connectivity index (χ3n) is 2.64. The van der Waals surface area contributed by atoms with Crippen molar-refractivity contribution in [2.75, 3.05) is 13.7 Å². The normalized spacial score (nSPS) is 11.7. The van der Waals surface area contributed by atoms with Gasteiger partial charge in [-0.1, -0.05) is 29.8 Å². The fraction of sp³-hybridized carbons (Fsp3) is 0.385. The highest BCUT2D eigenvalue weighted by molar-refractivity contribution is 5.89. The molecule has 104 valence electrons. The van der Waals surface area contributed by atoms with Crippen LogP contribution in [-0.2, 0) is 11.2 Å². The Balaban J connectivity index is 2.39. The Morgan fingerprint density at radius 2 is 1.89 bits per heavy atom. The summed E-state index contributed by atoms with van der Waals surface area (Å²) in [5.74, 6) is 0. The molecule has 0 radical (unpaired) electrons. The zero-order chi connectivity index (χ0) is 14.4. The Morgan fingerprint density at radius 1 is 1.32 bits per heavy atom. The SMILES string of the molecule is Cc1ccc(C[C@@H](N)COC(=O)N(C)C(N)=O)cc1. The van der Waals surface area contributed by atoms with Gasteiger partial charge in [0.1, 0.15) is 6.61 Å². The number of amides is 3. The Kier molecular flexibility index (Phi) is 5.32. The van der Waals surface area contributed by atoms with Crippen LogP contribution in [0.1, 0.15) is 11.1 Å². The molecule has 0 aliphatic heterocycles. The lowest BCUT2D eigenvalue weighted by Crippen LogP contribution is -2.40. The lowest BCUT2D eigenvalue weighted by Gasteiger charge is -2.16. The third kappa shape index (κ3) is 4.97. The average Bonchev–Trinajstić information content (AvgIpc) is 2.37. The minimum absolute atomic E-state index is 0.0321. The molecule has 6 heteroatoms. The number of ether oxygens (including phenoxy) is 1. The average molecular weight is 265 g/mol. The van der Waals surface area contributed by atoms with Crippen LogP contribution in [-0.4, -0.2) is 36.7 Å². The zero-order valence-corrected chi connectivity index (χ0v) is 11.1. The molecular weight excluding hydrogens is 246 g/mol. The number of aryl methyl sites for hydroxylation is 1. The van der Waals surface area contributed by atoms with Gasteiger partial charge in [0.2, 0.25) is 0 Å². The van der Waals surface area contributed by atoms with Gasteiger partial charge in [0.05, 0.1) is 0 Å². The van der Waals surface area contributed by atoms with Crippen molar-refractivity contribution in [1.82, 2.24) is 4.90 Å². The van der Waals surface area contributed by atoms with Gasteiger partial charge in [-0.15, -0.1) is 0 Å². The van der Waals surface area contributed by atoms with Gasteiger partial charge >= 0.3 is 12.1 Å². The van der Waals surface area contributed by atoms with E-state index in [1.165, 1.54) is 12.6 Å². The van der Waals surface area contributed by atoms with E-state index in [1.54, 1.807) is 0 Å². The molecule has 0 aromatic heterocycles. The first-order valence-corrected chi connectivity index (χ1v) is 5.91. The molecule has 19 heavy (non-hydrogen) atoms. The van der Waals surface area contributed by atoms with Gasteiger partial charge in [-0.2, -0.15) is 0 Å². The Labute approximate surface area is 112 Å². The van der Waals surface area contributed by atoms with E-state index in [0.29, 0.717) is 11.3 Å². The molecule has 0 spiro atoms. The van der Waals surface area contributed by atoms with Crippen LogP contribution >= 0.6 is 0 Å². The maximum Gasteiger partial charge on any atom is 0.417 e. The number of carbonyl (C=O) groups is 2. The monoisotopic (exact) mass is 265 g/mol. The third-order valence-corrected chi connectivity index (χ3v) is 2.64. The van der Waals surface area contributed by atoms with Crippen LogP contribution in [0.4, 0.5) is 9.59 Å². The number of urea groups is 1. The number of primary amides is 1. The summed E-state index contributed by atoms with van der Waals surface area (Å²) < 4.78 is 4.88. The highest BCUT2D eigenvalue weighted by Crippen LogP contribution is 2.05. The van der Waals surface area contributed by atoms with Gasteiger partial charge in [-0.05, 0) is 18.9 Å². The van der Waals surface area contributed by atoms with Gasteiger partial charge in [0.15, 0.2) is 0 Å². The summed E-state index contributed by atoms with van der Waals surface area (Å²) in [4.78, 5) is 22.8. The van der Waals surface area contributed by atoms with Crippen molar-refractivity contribution in [2.24, 2.45) is 11.5 Å². The minimum Gasteiger partial charge on any atom is -0.447 e. The van der Waals surface area contributed by atoms with Gasteiger partial charge in [0, 0.05) is 13.1 Å². The van der Waals surface area contributed by atoms with Crippen LogP contribution in [0.25, 0.3) is 0 Å². The van der Waals surface area contributed by atoms with E-state index in [4.69, 9.17) is 16.2 Å². The first kappa shape index (κ1) is 15.0. The molecule has 0 saturated carbocycles. The first-order chi connectivity index (χ1) is 8.90. The van der Waals surface area contributed by atoms with E-state index in [2.05, 4.69) is 0 Å². The molecule has 0 fully saturated rings. The van der Waals surface area contributed by atoms with Crippen molar-refractivity contribution in [2.45, 2.75) is 19.4 Å².